The van der Waals surface area contributed by atoms with Crippen molar-refractivity contribution >= 4 is 27.9 Å². The van der Waals surface area contributed by atoms with Gasteiger partial charge in [-0.25, -0.2) is 4.79 Å². The number of nitrogens with zero attached hydrogens (tertiary/aromatic N) is 3. The zero-order valence-corrected chi connectivity index (χ0v) is 20.4. The summed E-state index contributed by atoms with van der Waals surface area (Å²) in [6, 6.07) is 7.47. The molecule has 1 atom stereocenters. The Kier molecular flexibility index (Phi) is 8.22. The molecule has 7 nitrogen and oxygen atoms in total. The number of ether oxygens (including phenoxy) is 2. The molecule has 1 aromatic rings. The summed E-state index contributed by atoms with van der Waals surface area (Å²) in [5, 5.41) is 0. The molecule has 0 unspecified atom stereocenters. The maximum absolute atomic E-state index is 13.1. The molecule has 3 rings (SSSR count). The molecule has 2 amide bonds. The van der Waals surface area contributed by atoms with Crippen molar-refractivity contribution in [1.82, 2.24) is 14.7 Å². The minimum Gasteiger partial charge on any atom is -0.494 e. The minimum absolute atomic E-state index is 0.0570. The monoisotopic (exact) mass is 495 g/mol. The van der Waals surface area contributed by atoms with Crippen LogP contribution in [0, 0.1) is 0 Å². The molecular weight excluding hydrogens is 462 g/mol. The maximum Gasteiger partial charge on any atom is 0.410 e. The minimum atomic E-state index is -0.556. The molecule has 0 aromatic heterocycles. The van der Waals surface area contributed by atoms with Crippen molar-refractivity contribution in [1.29, 1.82) is 0 Å². The molecular formula is C23H34BrN3O4. The van der Waals surface area contributed by atoms with E-state index in [4.69, 9.17) is 9.47 Å². The number of piperazine rings is 1. The molecule has 0 saturated carbocycles. The van der Waals surface area contributed by atoms with Crippen LogP contribution in [0.25, 0.3) is 0 Å². The number of carbonyl (C=O) groups is 2. The van der Waals surface area contributed by atoms with E-state index in [9.17, 15) is 9.59 Å². The highest BCUT2D eigenvalue weighted by atomic mass is 79.9. The van der Waals surface area contributed by atoms with Gasteiger partial charge in [-0.3, -0.25) is 14.6 Å². The molecule has 172 valence electrons. The highest BCUT2D eigenvalue weighted by Crippen LogP contribution is 2.23. The number of benzene rings is 1. The van der Waals surface area contributed by atoms with Crippen LogP contribution in [0.15, 0.2) is 28.7 Å². The molecule has 0 spiro atoms. The van der Waals surface area contributed by atoms with E-state index < -0.39 is 5.60 Å². The Bertz CT molecular complexity index is 742. The molecule has 31 heavy (non-hydrogen) atoms. The summed E-state index contributed by atoms with van der Waals surface area (Å²) >= 11 is 3.42. The molecule has 0 radical (unpaired) electrons. The highest BCUT2D eigenvalue weighted by molar-refractivity contribution is 9.10. The van der Waals surface area contributed by atoms with Crippen LogP contribution in [-0.2, 0) is 9.53 Å². The van der Waals surface area contributed by atoms with Gasteiger partial charge in [-0.1, -0.05) is 15.9 Å². The lowest BCUT2D eigenvalue weighted by molar-refractivity contribution is -0.137. The van der Waals surface area contributed by atoms with E-state index in [1.54, 1.807) is 4.90 Å². The Morgan fingerprint density at radius 1 is 1.06 bits per heavy atom. The van der Waals surface area contributed by atoms with Gasteiger partial charge in [0.05, 0.1) is 6.61 Å². The molecule has 2 aliphatic heterocycles. The molecule has 2 heterocycles. The van der Waals surface area contributed by atoms with Crippen molar-refractivity contribution in [2.75, 3.05) is 45.9 Å². The van der Waals surface area contributed by atoms with E-state index in [-0.39, 0.29) is 18.0 Å². The molecule has 2 aliphatic rings. The Morgan fingerprint density at radius 2 is 1.74 bits per heavy atom. The van der Waals surface area contributed by atoms with E-state index in [2.05, 4.69) is 20.8 Å². The number of likely N-dealkylation sites (tertiary alicyclic amines) is 1. The number of hydrogen-bond donors (Lipinski definition) is 0. The fourth-order valence-corrected chi connectivity index (χ4v) is 4.24. The van der Waals surface area contributed by atoms with Crippen molar-refractivity contribution in [3.63, 3.8) is 0 Å². The average Bonchev–Trinajstić information content (AvgIpc) is 3.21. The first-order chi connectivity index (χ1) is 14.7. The standard InChI is InChI=1S/C23H34BrN3O4/c1-23(2,3)31-22(29)27-12-4-6-20(27)21(28)26-15-13-25(14-16-26)11-5-17-30-19-9-7-18(24)8-10-19/h7-10,20H,4-6,11-17H2,1-3H3/t20-/m1/s1. The fourth-order valence-electron chi connectivity index (χ4n) is 3.97. The zero-order chi connectivity index (χ0) is 22.4. The van der Waals surface area contributed by atoms with Gasteiger partial charge in [0.25, 0.3) is 0 Å². The second kappa shape index (κ2) is 10.7. The van der Waals surface area contributed by atoms with Crippen LogP contribution in [-0.4, -0.2) is 84.2 Å². The van der Waals surface area contributed by atoms with Gasteiger partial charge in [0.1, 0.15) is 17.4 Å². The van der Waals surface area contributed by atoms with E-state index in [1.165, 1.54) is 0 Å². The summed E-state index contributed by atoms with van der Waals surface area (Å²) in [4.78, 5) is 31.4. The lowest BCUT2D eigenvalue weighted by Gasteiger charge is -2.37. The third kappa shape index (κ3) is 7.10. The summed E-state index contributed by atoms with van der Waals surface area (Å²) in [6.07, 6.45) is 2.12. The predicted octanol–water partition coefficient (Wildman–Crippen LogP) is 3.76. The molecule has 2 fully saturated rings. The largest absolute Gasteiger partial charge is 0.494 e. The first kappa shape index (κ1) is 23.9. The molecule has 8 heteroatoms. The Labute approximate surface area is 193 Å². The molecule has 0 N–H and O–H groups in total. The van der Waals surface area contributed by atoms with Gasteiger partial charge in [0.15, 0.2) is 0 Å². The fraction of sp³-hybridized carbons (Fsp3) is 0.652. The first-order valence-corrected chi connectivity index (χ1v) is 11.9. The lowest BCUT2D eigenvalue weighted by atomic mass is 10.1. The Morgan fingerprint density at radius 3 is 2.39 bits per heavy atom. The third-order valence-electron chi connectivity index (χ3n) is 5.55. The third-order valence-corrected chi connectivity index (χ3v) is 6.08. The van der Waals surface area contributed by atoms with E-state index >= 15 is 0 Å². The molecule has 0 aliphatic carbocycles. The molecule has 0 bridgehead atoms. The Balaban J connectivity index is 1.39. The second-order valence-electron chi connectivity index (χ2n) is 9.15. The first-order valence-electron chi connectivity index (χ1n) is 11.1. The van der Waals surface area contributed by atoms with Crippen LogP contribution in [0.1, 0.15) is 40.0 Å². The normalized spacial score (nSPS) is 20.1. The molecule has 2 saturated heterocycles. The van der Waals surface area contributed by atoms with Gasteiger partial charge >= 0.3 is 6.09 Å². The highest BCUT2D eigenvalue weighted by Gasteiger charge is 2.39. The quantitative estimate of drug-likeness (QED) is 0.562. The topological polar surface area (TPSA) is 62.3 Å². The van der Waals surface area contributed by atoms with Crippen LogP contribution >= 0.6 is 15.9 Å². The summed E-state index contributed by atoms with van der Waals surface area (Å²) in [7, 11) is 0. The number of carbonyl (C=O) groups excluding carboxylic acids is 2. The second-order valence-corrected chi connectivity index (χ2v) is 10.1. The van der Waals surface area contributed by atoms with Crippen molar-refractivity contribution in [2.24, 2.45) is 0 Å². The smallest absolute Gasteiger partial charge is 0.410 e. The van der Waals surface area contributed by atoms with Gasteiger partial charge in [-0.05, 0) is 64.3 Å². The zero-order valence-electron chi connectivity index (χ0n) is 18.8. The van der Waals surface area contributed by atoms with Gasteiger partial charge in [0, 0.05) is 43.7 Å². The summed E-state index contributed by atoms with van der Waals surface area (Å²) in [5.41, 5.74) is -0.556. The summed E-state index contributed by atoms with van der Waals surface area (Å²) in [6.45, 7) is 10.9. The van der Waals surface area contributed by atoms with E-state index in [0.717, 1.165) is 42.7 Å². The van der Waals surface area contributed by atoms with Gasteiger partial charge in [-0.15, -0.1) is 0 Å². The Hall–Kier alpha value is -1.80. The van der Waals surface area contributed by atoms with E-state index in [0.29, 0.717) is 32.7 Å². The average molecular weight is 496 g/mol. The van der Waals surface area contributed by atoms with Gasteiger partial charge < -0.3 is 14.4 Å². The van der Waals surface area contributed by atoms with Crippen molar-refractivity contribution in [2.45, 2.75) is 51.7 Å². The maximum atomic E-state index is 13.1. The summed E-state index contributed by atoms with van der Waals surface area (Å²) < 4.78 is 12.3. The lowest BCUT2D eigenvalue weighted by Crippen LogP contribution is -2.54. The SMILES string of the molecule is CC(C)(C)OC(=O)N1CCC[C@@H]1C(=O)N1CCN(CCCOc2ccc(Br)cc2)CC1. The number of amides is 2. The predicted molar refractivity (Wildman–Crippen MR) is 123 cm³/mol. The molecule has 1 aromatic carbocycles. The van der Waals surface area contributed by atoms with Crippen LogP contribution in [0.5, 0.6) is 5.75 Å². The van der Waals surface area contributed by atoms with E-state index in [1.807, 2.05) is 49.9 Å². The summed E-state index contributed by atoms with van der Waals surface area (Å²) in [5.74, 6) is 0.936. The number of halogens is 1. The van der Waals surface area contributed by atoms with Crippen LogP contribution in [0.3, 0.4) is 0 Å². The van der Waals surface area contributed by atoms with Crippen LogP contribution in [0.4, 0.5) is 4.79 Å². The van der Waals surface area contributed by atoms with Crippen molar-refractivity contribution < 1.29 is 19.1 Å². The van der Waals surface area contributed by atoms with Gasteiger partial charge in [0.2, 0.25) is 5.91 Å². The van der Waals surface area contributed by atoms with Crippen LogP contribution < -0.4 is 4.74 Å². The van der Waals surface area contributed by atoms with Crippen molar-refractivity contribution in [3.05, 3.63) is 28.7 Å². The van der Waals surface area contributed by atoms with Crippen LogP contribution in [0.2, 0.25) is 0 Å². The van der Waals surface area contributed by atoms with Gasteiger partial charge in [-0.2, -0.15) is 0 Å². The number of rotatable bonds is 6. The van der Waals surface area contributed by atoms with Crippen molar-refractivity contribution in [3.8, 4) is 5.75 Å². The number of hydrogen-bond acceptors (Lipinski definition) is 5.